The highest BCUT2D eigenvalue weighted by Gasteiger charge is 2.10. The van der Waals surface area contributed by atoms with E-state index >= 15 is 0 Å². The number of aromatic nitrogens is 1. The van der Waals surface area contributed by atoms with Crippen molar-refractivity contribution < 1.29 is 8.42 Å². The average molecular weight is 309 g/mol. The zero-order valence-electron chi connectivity index (χ0n) is 12.8. The van der Waals surface area contributed by atoms with Crippen molar-refractivity contribution in [3.05, 3.63) is 35.5 Å². The molecule has 0 saturated carbocycles. The second kappa shape index (κ2) is 6.60. The van der Waals surface area contributed by atoms with Crippen molar-refractivity contribution in [2.75, 3.05) is 19.3 Å². The molecule has 0 aliphatic rings. The van der Waals surface area contributed by atoms with E-state index in [1.54, 1.807) is 0 Å². The highest BCUT2D eigenvalue weighted by Crippen LogP contribution is 2.24. The molecule has 1 aromatic carbocycles. The molecule has 0 fully saturated rings. The molecular formula is C15H23N3O2S. The van der Waals surface area contributed by atoms with Gasteiger partial charge in [-0.05, 0) is 31.5 Å². The molecule has 0 aliphatic carbocycles. The number of para-hydroxylation sites is 1. The Morgan fingerprint density at radius 3 is 2.57 bits per heavy atom. The molecule has 0 unspecified atom stereocenters. The maximum absolute atomic E-state index is 10.9. The number of sulfonamides is 1. The zero-order valence-corrected chi connectivity index (χ0v) is 13.6. The van der Waals surface area contributed by atoms with E-state index in [9.17, 15) is 8.42 Å². The summed E-state index contributed by atoms with van der Waals surface area (Å²) in [6.45, 7) is 4.18. The number of rotatable bonds is 7. The van der Waals surface area contributed by atoms with Crippen LogP contribution in [0.1, 0.15) is 17.7 Å². The third-order valence-electron chi connectivity index (χ3n) is 3.69. The minimum atomic E-state index is -3.08. The quantitative estimate of drug-likeness (QED) is 0.762. The Labute approximate surface area is 126 Å². The predicted molar refractivity (Wildman–Crippen MR) is 86.8 cm³/mol. The van der Waals surface area contributed by atoms with Crippen molar-refractivity contribution in [2.45, 2.75) is 19.9 Å². The Kier molecular flexibility index (Phi) is 5.03. The minimum Gasteiger partial charge on any atom is -0.346 e. The summed E-state index contributed by atoms with van der Waals surface area (Å²) in [6.07, 6.45) is 1.95. The molecule has 6 heteroatoms. The van der Waals surface area contributed by atoms with E-state index in [0.717, 1.165) is 19.5 Å². The summed E-state index contributed by atoms with van der Waals surface area (Å²) in [5, 5.41) is 4.66. The fourth-order valence-electron chi connectivity index (χ4n) is 2.56. The number of fused-ring (bicyclic) bond motifs is 1. The molecule has 0 radical (unpaired) electrons. The van der Waals surface area contributed by atoms with Crippen LogP contribution in [-0.4, -0.2) is 32.3 Å². The zero-order chi connectivity index (χ0) is 15.5. The van der Waals surface area contributed by atoms with Gasteiger partial charge in [-0.3, -0.25) is 0 Å². The van der Waals surface area contributed by atoms with E-state index in [-0.39, 0.29) is 0 Å². The van der Waals surface area contributed by atoms with Gasteiger partial charge in [-0.1, -0.05) is 18.2 Å². The summed E-state index contributed by atoms with van der Waals surface area (Å²) < 4.78 is 26.6. The fourth-order valence-corrected chi connectivity index (χ4v) is 3.08. The Balaban J connectivity index is 1.89. The lowest BCUT2D eigenvalue weighted by atomic mass is 10.1. The average Bonchev–Trinajstić information content (AvgIpc) is 2.66. The molecule has 2 aromatic rings. The first kappa shape index (κ1) is 16.0. The molecule has 21 heavy (non-hydrogen) atoms. The van der Waals surface area contributed by atoms with E-state index < -0.39 is 10.0 Å². The van der Waals surface area contributed by atoms with Gasteiger partial charge >= 0.3 is 0 Å². The van der Waals surface area contributed by atoms with Gasteiger partial charge in [-0.25, -0.2) is 13.1 Å². The molecule has 0 saturated heterocycles. The molecule has 0 amide bonds. The van der Waals surface area contributed by atoms with Crippen molar-refractivity contribution in [3.8, 4) is 0 Å². The normalized spacial score (nSPS) is 12.1. The first-order valence-corrected chi connectivity index (χ1v) is 8.97. The van der Waals surface area contributed by atoms with Gasteiger partial charge in [0.05, 0.1) is 6.26 Å². The SMILES string of the molecule is Cc1c(CNCCCNS(C)(=O)=O)n(C)c2ccccc12. The maximum Gasteiger partial charge on any atom is 0.208 e. The predicted octanol–water partition coefficient (Wildman–Crippen LogP) is 1.52. The fraction of sp³-hybridized carbons (Fsp3) is 0.467. The Morgan fingerprint density at radius 1 is 1.19 bits per heavy atom. The molecule has 0 bridgehead atoms. The van der Waals surface area contributed by atoms with Gasteiger partial charge in [0.2, 0.25) is 10.0 Å². The first-order chi connectivity index (χ1) is 9.90. The van der Waals surface area contributed by atoms with Crippen LogP contribution < -0.4 is 10.0 Å². The first-order valence-electron chi connectivity index (χ1n) is 7.08. The molecule has 1 aromatic heterocycles. The minimum absolute atomic E-state index is 0.472. The summed E-state index contributed by atoms with van der Waals surface area (Å²) in [6, 6.07) is 8.38. The molecule has 2 rings (SSSR count). The van der Waals surface area contributed by atoms with E-state index in [1.807, 2.05) is 0 Å². The Hall–Kier alpha value is -1.37. The number of aryl methyl sites for hydroxylation is 2. The summed E-state index contributed by atoms with van der Waals surface area (Å²) >= 11 is 0. The van der Waals surface area contributed by atoms with Crippen molar-refractivity contribution in [1.29, 1.82) is 0 Å². The third kappa shape index (κ3) is 4.06. The van der Waals surface area contributed by atoms with Gasteiger partial charge in [-0.15, -0.1) is 0 Å². The van der Waals surface area contributed by atoms with Gasteiger partial charge in [0.25, 0.3) is 0 Å². The number of hydrogen-bond donors (Lipinski definition) is 2. The van der Waals surface area contributed by atoms with Gasteiger partial charge in [0.15, 0.2) is 0 Å². The lowest BCUT2D eigenvalue weighted by Crippen LogP contribution is -2.26. The highest BCUT2D eigenvalue weighted by atomic mass is 32.2. The van der Waals surface area contributed by atoms with Gasteiger partial charge in [0, 0.05) is 36.7 Å². The van der Waals surface area contributed by atoms with Crippen LogP contribution in [0.15, 0.2) is 24.3 Å². The molecule has 5 nitrogen and oxygen atoms in total. The highest BCUT2D eigenvalue weighted by molar-refractivity contribution is 7.88. The number of nitrogens with one attached hydrogen (secondary N) is 2. The third-order valence-corrected chi connectivity index (χ3v) is 4.42. The van der Waals surface area contributed by atoms with Crippen LogP contribution >= 0.6 is 0 Å². The van der Waals surface area contributed by atoms with Gasteiger partial charge < -0.3 is 9.88 Å². The van der Waals surface area contributed by atoms with E-state index in [1.165, 1.54) is 28.4 Å². The van der Waals surface area contributed by atoms with E-state index in [2.05, 4.69) is 52.8 Å². The Bertz CT molecular complexity index is 681. The summed E-state index contributed by atoms with van der Waals surface area (Å²) in [5.74, 6) is 0. The monoisotopic (exact) mass is 309 g/mol. The molecule has 1 heterocycles. The van der Waals surface area contributed by atoms with Crippen LogP contribution in [0.25, 0.3) is 10.9 Å². The topological polar surface area (TPSA) is 63.1 Å². The number of nitrogens with zero attached hydrogens (tertiary/aromatic N) is 1. The standard InChI is InChI=1S/C15H23N3O2S/c1-12-13-7-4-5-8-14(13)18(2)15(12)11-16-9-6-10-17-21(3,19)20/h4-5,7-8,16-17H,6,9-11H2,1-3H3. The second-order valence-corrected chi connectivity index (χ2v) is 7.18. The van der Waals surface area contributed by atoms with Crippen LogP contribution in [0.2, 0.25) is 0 Å². The molecule has 0 aliphatic heterocycles. The number of hydrogen-bond acceptors (Lipinski definition) is 3. The van der Waals surface area contributed by atoms with Crippen molar-refractivity contribution >= 4 is 20.9 Å². The van der Waals surface area contributed by atoms with Crippen molar-refractivity contribution in [2.24, 2.45) is 7.05 Å². The lowest BCUT2D eigenvalue weighted by molar-refractivity contribution is 0.577. The van der Waals surface area contributed by atoms with Crippen LogP contribution in [0.5, 0.6) is 0 Å². The Morgan fingerprint density at radius 2 is 1.90 bits per heavy atom. The molecule has 0 atom stereocenters. The summed E-state index contributed by atoms with van der Waals surface area (Å²) in [5.41, 5.74) is 3.81. The van der Waals surface area contributed by atoms with Gasteiger partial charge in [0.1, 0.15) is 0 Å². The lowest BCUT2D eigenvalue weighted by Gasteiger charge is -2.08. The van der Waals surface area contributed by atoms with Crippen LogP contribution in [0, 0.1) is 6.92 Å². The van der Waals surface area contributed by atoms with E-state index in [4.69, 9.17) is 0 Å². The summed E-state index contributed by atoms with van der Waals surface area (Å²) in [7, 11) is -0.995. The van der Waals surface area contributed by atoms with Crippen LogP contribution in [0.3, 0.4) is 0 Å². The van der Waals surface area contributed by atoms with Crippen LogP contribution in [0.4, 0.5) is 0 Å². The van der Waals surface area contributed by atoms with Crippen LogP contribution in [-0.2, 0) is 23.6 Å². The van der Waals surface area contributed by atoms with Crippen molar-refractivity contribution in [3.63, 3.8) is 0 Å². The molecule has 2 N–H and O–H groups in total. The molecular weight excluding hydrogens is 286 g/mol. The van der Waals surface area contributed by atoms with Crippen molar-refractivity contribution in [1.82, 2.24) is 14.6 Å². The van der Waals surface area contributed by atoms with E-state index in [0.29, 0.717) is 6.54 Å². The second-order valence-electron chi connectivity index (χ2n) is 5.34. The van der Waals surface area contributed by atoms with Gasteiger partial charge in [-0.2, -0.15) is 0 Å². The maximum atomic E-state index is 10.9. The molecule has 0 spiro atoms. The molecule has 116 valence electrons. The summed E-state index contributed by atoms with van der Waals surface area (Å²) in [4.78, 5) is 0. The smallest absolute Gasteiger partial charge is 0.208 e. The largest absolute Gasteiger partial charge is 0.346 e. The number of benzene rings is 1.